The zero-order valence-electron chi connectivity index (χ0n) is 11.5. The van der Waals surface area contributed by atoms with E-state index in [1.165, 1.54) is 10.5 Å². The molecule has 0 bridgehead atoms. The summed E-state index contributed by atoms with van der Waals surface area (Å²) in [7, 11) is 0. The summed E-state index contributed by atoms with van der Waals surface area (Å²) >= 11 is 1.82. The van der Waals surface area contributed by atoms with Gasteiger partial charge in [-0.25, -0.2) is 4.98 Å². The van der Waals surface area contributed by atoms with Crippen molar-refractivity contribution in [3.63, 3.8) is 0 Å². The highest BCUT2D eigenvalue weighted by Gasteiger charge is 2.25. The number of fused-ring (bicyclic) bond motifs is 1. The number of aryl methyl sites for hydroxylation is 1. The van der Waals surface area contributed by atoms with Crippen molar-refractivity contribution in [2.75, 3.05) is 29.5 Å². The largest absolute Gasteiger partial charge is 0.504 e. The Bertz CT molecular complexity index is 722. The monoisotopic (exact) mass is 308 g/mol. The molecular weight excluding hydrogens is 292 g/mol. The van der Waals surface area contributed by atoms with Crippen molar-refractivity contribution in [3.05, 3.63) is 17.6 Å². The van der Waals surface area contributed by atoms with Gasteiger partial charge in [-0.05, 0) is 6.92 Å². The highest BCUT2D eigenvalue weighted by atomic mass is 32.2. The van der Waals surface area contributed by atoms with Crippen LogP contribution in [0.1, 0.15) is 16.3 Å². The summed E-state index contributed by atoms with van der Waals surface area (Å²) in [5, 5.41) is 20.2. The number of hydrogen-bond donors (Lipinski definition) is 3. The van der Waals surface area contributed by atoms with Gasteiger partial charge in [-0.1, -0.05) is 0 Å². The molecule has 0 atom stereocenters. The predicted octanol–water partition coefficient (Wildman–Crippen LogP) is 0.706. The third-order valence-electron chi connectivity index (χ3n) is 3.57. The lowest BCUT2D eigenvalue weighted by Gasteiger charge is -2.30. The Morgan fingerprint density at radius 1 is 1.38 bits per heavy atom. The van der Waals surface area contributed by atoms with Gasteiger partial charge in [-0.2, -0.15) is 11.8 Å². The molecule has 112 valence electrons. The first-order chi connectivity index (χ1) is 10.0. The Hall–Kier alpha value is -2.09. The van der Waals surface area contributed by atoms with Crippen LogP contribution in [0.15, 0.2) is 6.07 Å². The summed E-state index contributed by atoms with van der Waals surface area (Å²) in [6, 6.07) is 1.40. The molecule has 0 aliphatic carbocycles. The number of hydrogen-bond acceptors (Lipinski definition) is 6. The minimum atomic E-state index is -0.671. The number of amides is 1. The summed E-state index contributed by atoms with van der Waals surface area (Å²) < 4.78 is 1.53. The van der Waals surface area contributed by atoms with Crippen LogP contribution in [0, 0.1) is 6.92 Å². The summed E-state index contributed by atoms with van der Waals surface area (Å²) in [5.41, 5.74) is 6.53. The van der Waals surface area contributed by atoms with Crippen LogP contribution in [0.4, 0.5) is 5.82 Å². The minimum absolute atomic E-state index is 0.0611. The fourth-order valence-electron chi connectivity index (χ4n) is 2.58. The number of thioether (sulfide) groups is 1. The molecule has 1 fully saturated rings. The van der Waals surface area contributed by atoms with Crippen LogP contribution in [0.5, 0.6) is 11.5 Å². The summed E-state index contributed by atoms with van der Waals surface area (Å²) in [5.74, 6) is 1.11. The first-order valence-electron chi connectivity index (χ1n) is 6.57. The molecule has 3 rings (SSSR count). The quantitative estimate of drug-likeness (QED) is 0.754. The highest BCUT2D eigenvalue weighted by molar-refractivity contribution is 7.99. The van der Waals surface area contributed by atoms with Crippen LogP contribution in [0.3, 0.4) is 0 Å². The second-order valence-electron chi connectivity index (χ2n) is 4.91. The number of nitrogens with two attached hydrogens (primary N) is 1. The predicted molar refractivity (Wildman–Crippen MR) is 81.3 cm³/mol. The maximum absolute atomic E-state index is 11.6. The Morgan fingerprint density at radius 3 is 2.67 bits per heavy atom. The van der Waals surface area contributed by atoms with E-state index in [1.54, 1.807) is 6.92 Å². The molecule has 21 heavy (non-hydrogen) atoms. The van der Waals surface area contributed by atoms with Crippen molar-refractivity contribution in [2.45, 2.75) is 6.92 Å². The molecule has 0 spiro atoms. The van der Waals surface area contributed by atoms with Gasteiger partial charge in [0.25, 0.3) is 5.91 Å². The fourth-order valence-corrected chi connectivity index (χ4v) is 3.48. The molecule has 2 aromatic rings. The summed E-state index contributed by atoms with van der Waals surface area (Å²) in [6.07, 6.45) is 0. The van der Waals surface area contributed by atoms with Crippen molar-refractivity contribution < 1.29 is 15.0 Å². The molecule has 8 heteroatoms. The van der Waals surface area contributed by atoms with Crippen LogP contribution < -0.4 is 10.6 Å². The van der Waals surface area contributed by atoms with Crippen LogP contribution >= 0.6 is 11.8 Å². The lowest BCUT2D eigenvalue weighted by Crippen LogP contribution is -2.34. The van der Waals surface area contributed by atoms with E-state index in [0.717, 1.165) is 11.5 Å². The van der Waals surface area contributed by atoms with Crippen molar-refractivity contribution in [2.24, 2.45) is 5.73 Å². The lowest BCUT2D eigenvalue weighted by molar-refractivity contribution is 0.0990. The minimum Gasteiger partial charge on any atom is -0.504 e. The maximum atomic E-state index is 11.6. The molecule has 1 aliphatic heterocycles. The molecule has 1 amide bonds. The van der Waals surface area contributed by atoms with Crippen molar-refractivity contribution >= 4 is 29.0 Å². The first kappa shape index (κ1) is 13.9. The van der Waals surface area contributed by atoms with E-state index >= 15 is 0 Å². The number of primary amides is 1. The van der Waals surface area contributed by atoms with Gasteiger partial charge in [0.05, 0.1) is 11.2 Å². The second-order valence-corrected chi connectivity index (χ2v) is 6.13. The standard InChI is InChI=1S/C13H16N4O3S/c1-7-8-6-9(18)10(19)13(16-2-4-21-5-3-16)17(8)12(15-7)11(14)20/h6,18-19H,2-5H2,1H3,(H2,14,20). The van der Waals surface area contributed by atoms with E-state index in [0.29, 0.717) is 30.1 Å². The topological polar surface area (TPSA) is 104 Å². The van der Waals surface area contributed by atoms with Gasteiger partial charge >= 0.3 is 0 Å². The molecule has 4 N–H and O–H groups in total. The van der Waals surface area contributed by atoms with Crippen LogP contribution in [0.2, 0.25) is 0 Å². The average Bonchev–Trinajstić information content (AvgIpc) is 2.78. The van der Waals surface area contributed by atoms with Crippen LogP contribution in [0.25, 0.3) is 5.52 Å². The molecule has 2 aromatic heterocycles. The van der Waals surface area contributed by atoms with E-state index in [2.05, 4.69) is 4.98 Å². The van der Waals surface area contributed by atoms with Gasteiger partial charge in [0, 0.05) is 30.7 Å². The normalized spacial score (nSPS) is 15.6. The fraction of sp³-hybridized carbons (Fsp3) is 0.385. The Kier molecular flexibility index (Phi) is 3.32. The van der Waals surface area contributed by atoms with E-state index in [-0.39, 0.29) is 17.3 Å². The number of pyridine rings is 1. The van der Waals surface area contributed by atoms with E-state index < -0.39 is 5.91 Å². The van der Waals surface area contributed by atoms with Crippen LogP contribution in [-0.4, -0.2) is 50.1 Å². The number of carbonyl (C=O) groups excluding carboxylic acids is 1. The smallest absolute Gasteiger partial charge is 0.285 e. The molecule has 1 saturated heterocycles. The molecule has 0 saturated carbocycles. The van der Waals surface area contributed by atoms with Crippen LogP contribution in [-0.2, 0) is 0 Å². The van der Waals surface area contributed by atoms with Crippen molar-refractivity contribution in [1.82, 2.24) is 9.38 Å². The first-order valence-corrected chi connectivity index (χ1v) is 7.72. The van der Waals surface area contributed by atoms with Gasteiger partial charge < -0.3 is 20.8 Å². The van der Waals surface area contributed by atoms with E-state index in [1.807, 2.05) is 16.7 Å². The summed E-state index contributed by atoms with van der Waals surface area (Å²) in [4.78, 5) is 17.7. The average molecular weight is 308 g/mol. The SMILES string of the molecule is Cc1nc(C(N)=O)n2c(N3CCSCC3)c(O)c(O)cc12. The molecule has 0 aromatic carbocycles. The number of anilines is 1. The molecule has 7 nitrogen and oxygen atoms in total. The zero-order chi connectivity index (χ0) is 15.1. The van der Waals surface area contributed by atoms with Gasteiger partial charge in [0.2, 0.25) is 5.82 Å². The second kappa shape index (κ2) is 5.03. The maximum Gasteiger partial charge on any atom is 0.285 e. The van der Waals surface area contributed by atoms with E-state index in [9.17, 15) is 15.0 Å². The van der Waals surface area contributed by atoms with Gasteiger partial charge in [-0.3, -0.25) is 9.20 Å². The summed E-state index contributed by atoms with van der Waals surface area (Å²) in [6.45, 7) is 3.16. The number of rotatable bonds is 2. The van der Waals surface area contributed by atoms with Crippen molar-refractivity contribution in [3.8, 4) is 11.5 Å². The van der Waals surface area contributed by atoms with Gasteiger partial charge in [0.1, 0.15) is 0 Å². The highest BCUT2D eigenvalue weighted by Crippen LogP contribution is 2.39. The van der Waals surface area contributed by atoms with Crippen molar-refractivity contribution in [1.29, 1.82) is 0 Å². The van der Waals surface area contributed by atoms with Gasteiger partial charge in [0.15, 0.2) is 17.3 Å². The molecule has 3 heterocycles. The third kappa shape index (κ3) is 2.15. The molecule has 0 radical (unpaired) electrons. The molecular formula is C13H16N4O3S. The van der Waals surface area contributed by atoms with Gasteiger partial charge in [-0.15, -0.1) is 0 Å². The Balaban J connectivity index is 2.33. The third-order valence-corrected chi connectivity index (χ3v) is 4.51. The number of imidazole rings is 1. The lowest BCUT2D eigenvalue weighted by atomic mass is 10.2. The zero-order valence-corrected chi connectivity index (χ0v) is 12.4. The molecule has 0 unspecified atom stereocenters. The number of carbonyl (C=O) groups is 1. The number of aromatic nitrogens is 2. The molecule has 1 aliphatic rings. The van der Waals surface area contributed by atoms with E-state index in [4.69, 9.17) is 5.73 Å². The Morgan fingerprint density at radius 2 is 2.05 bits per heavy atom. The number of aromatic hydroxyl groups is 2. The Labute approximate surface area is 125 Å². The number of nitrogens with zero attached hydrogens (tertiary/aromatic N) is 3.